The van der Waals surface area contributed by atoms with E-state index in [1.54, 1.807) is 6.20 Å². The number of hydrogen-bond acceptors (Lipinski definition) is 4. The lowest BCUT2D eigenvalue weighted by molar-refractivity contribution is -0.247. The third-order valence-corrected chi connectivity index (χ3v) is 3.65. The zero-order chi connectivity index (χ0) is 14.2. The van der Waals surface area contributed by atoms with Gasteiger partial charge in [0.25, 0.3) is 0 Å². The lowest BCUT2D eigenvalue weighted by Gasteiger charge is -2.35. The number of aromatic nitrogens is 1. The minimum Gasteiger partial charge on any atom is -0.377 e. The van der Waals surface area contributed by atoms with E-state index < -0.39 is 5.79 Å². The predicted octanol–water partition coefficient (Wildman–Crippen LogP) is 3.45. The number of benzene rings is 1. The second kappa shape index (κ2) is 5.20. The van der Waals surface area contributed by atoms with E-state index in [0.29, 0.717) is 18.2 Å². The molecule has 0 unspecified atom stereocenters. The number of ether oxygens (including phenoxy) is 2. The number of halogens is 1. The van der Waals surface area contributed by atoms with Crippen molar-refractivity contribution in [3.8, 4) is 0 Å². The quantitative estimate of drug-likeness (QED) is 0.921. The average Bonchev–Trinajstić information content (AvgIpc) is 2.44. The molecule has 0 bridgehead atoms. The Morgan fingerprint density at radius 2 is 2.00 bits per heavy atom. The summed E-state index contributed by atoms with van der Waals surface area (Å²) in [6.45, 7) is 5.06. The maximum Gasteiger partial charge on any atom is 0.162 e. The lowest BCUT2D eigenvalue weighted by Crippen LogP contribution is -2.45. The zero-order valence-corrected chi connectivity index (χ0v) is 12.3. The van der Waals surface area contributed by atoms with Gasteiger partial charge in [0, 0.05) is 17.3 Å². The third-order valence-electron chi connectivity index (χ3n) is 3.34. The number of nitrogens with zero attached hydrogens (tertiary/aromatic N) is 1. The topological polar surface area (TPSA) is 43.4 Å². The fourth-order valence-corrected chi connectivity index (χ4v) is 2.47. The van der Waals surface area contributed by atoms with Crippen LogP contribution in [0.1, 0.15) is 13.8 Å². The molecule has 0 radical (unpaired) electrons. The molecular weight excluding hydrogens is 276 g/mol. The molecule has 0 saturated carbocycles. The molecule has 1 aliphatic heterocycles. The Hall–Kier alpha value is -1.36. The van der Waals surface area contributed by atoms with Crippen molar-refractivity contribution < 1.29 is 9.47 Å². The molecule has 2 aromatic rings. The minimum absolute atomic E-state index is 0.118. The van der Waals surface area contributed by atoms with E-state index in [2.05, 4.69) is 10.3 Å². The van der Waals surface area contributed by atoms with Crippen LogP contribution >= 0.6 is 11.6 Å². The van der Waals surface area contributed by atoms with Crippen molar-refractivity contribution in [2.75, 3.05) is 18.5 Å². The second-order valence-corrected chi connectivity index (χ2v) is 5.76. The summed E-state index contributed by atoms with van der Waals surface area (Å²) in [5.74, 6) is -0.498. The van der Waals surface area contributed by atoms with Crippen molar-refractivity contribution in [3.05, 3.63) is 35.5 Å². The van der Waals surface area contributed by atoms with E-state index >= 15 is 0 Å². The molecule has 0 spiro atoms. The molecular formula is C15H17ClN2O2. The zero-order valence-electron chi connectivity index (χ0n) is 11.5. The molecule has 4 nitrogen and oxygen atoms in total. The average molecular weight is 293 g/mol. The second-order valence-electron chi connectivity index (χ2n) is 5.36. The van der Waals surface area contributed by atoms with E-state index in [1.165, 1.54) is 0 Å². The standard InChI is InChI=1S/C15H17ClN2O2/c1-15(2)19-8-10(9-20-15)18-13-6-5-12(16)14-11(13)4-3-7-17-14/h3-7,10,18H,8-9H2,1-2H3. The maximum atomic E-state index is 6.17. The van der Waals surface area contributed by atoms with Gasteiger partial charge < -0.3 is 14.8 Å². The van der Waals surface area contributed by atoms with E-state index in [0.717, 1.165) is 16.6 Å². The number of fused-ring (bicyclic) bond motifs is 1. The molecule has 1 saturated heterocycles. The lowest BCUT2D eigenvalue weighted by atomic mass is 10.1. The van der Waals surface area contributed by atoms with Crippen molar-refractivity contribution in [2.45, 2.75) is 25.7 Å². The Labute approximate surface area is 123 Å². The highest BCUT2D eigenvalue weighted by Gasteiger charge is 2.28. The highest BCUT2D eigenvalue weighted by Crippen LogP contribution is 2.29. The summed E-state index contributed by atoms with van der Waals surface area (Å²) in [5, 5.41) is 5.10. The molecule has 0 atom stereocenters. The summed E-state index contributed by atoms with van der Waals surface area (Å²) in [6.07, 6.45) is 1.74. The van der Waals surface area contributed by atoms with Gasteiger partial charge in [0.1, 0.15) is 0 Å². The first kappa shape index (κ1) is 13.6. The van der Waals surface area contributed by atoms with Gasteiger partial charge in [0.05, 0.1) is 29.8 Å². The van der Waals surface area contributed by atoms with Crippen molar-refractivity contribution >= 4 is 28.2 Å². The first-order chi connectivity index (χ1) is 9.55. The Balaban J connectivity index is 1.83. The van der Waals surface area contributed by atoms with Crippen molar-refractivity contribution in [1.29, 1.82) is 0 Å². The van der Waals surface area contributed by atoms with Gasteiger partial charge in [-0.3, -0.25) is 4.98 Å². The van der Waals surface area contributed by atoms with Gasteiger partial charge in [-0.1, -0.05) is 11.6 Å². The normalized spacial score (nSPS) is 19.1. The Kier molecular flexibility index (Phi) is 3.54. The largest absolute Gasteiger partial charge is 0.377 e. The fraction of sp³-hybridized carbons (Fsp3) is 0.400. The van der Waals surface area contributed by atoms with Crippen LogP contribution in [0.3, 0.4) is 0 Å². The summed E-state index contributed by atoms with van der Waals surface area (Å²) >= 11 is 6.17. The van der Waals surface area contributed by atoms with Crippen LogP contribution < -0.4 is 5.32 Å². The van der Waals surface area contributed by atoms with Gasteiger partial charge in [0.2, 0.25) is 0 Å². The van der Waals surface area contributed by atoms with Crippen LogP contribution in [-0.4, -0.2) is 30.0 Å². The number of hydrogen-bond donors (Lipinski definition) is 1. The third kappa shape index (κ3) is 2.73. The first-order valence-corrected chi connectivity index (χ1v) is 7.01. The molecule has 1 fully saturated rings. The predicted molar refractivity (Wildman–Crippen MR) is 80.1 cm³/mol. The van der Waals surface area contributed by atoms with Gasteiger partial charge >= 0.3 is 0 Å². The molecule has 2 heterocycles. The molecule has 5 heteroatoms. The molecule has 1 aliphatic rings. The Bertz CT molecular complexity index is 620. The summed E-state index contributed by atoms with van der Waals surface area (Å²) in [5.41, 5.74) is 1.80. The molecule has 3 rings (SSSR count). The highest BCUT2D eigenvalue weighted by atomic mass is 35.5. The number of rotatable bonds is 2. The van der Waals surface area contributed by atoms with Crippen LogP contribution in [-0.2, 0) is 9.47 Å². The Morgan fingerprint density at radius 3 is 2.75 bits per heavy atom. The van der Waals surface area contributed by atoms with Crippen LogP contribution in [0.25, 0.3) is 10.9 Å². The van der Waals surface area contributed by atoms with Crippen molar-refractivity contribution in [1.82, 2.24) is 4.98 Å². The summed E-state index contributed by atoms with van der Waals surface area (Å²) in [7, 11) is 0. The van der Waals surface area contributed by atoms with E-state index in [9.17, 15) is 0 Å². The van der Waals surface area contributed by atoms with Gasteiger partial charge in [-0.25, -0.2) is 0 Å². The van der Waals surface area contributed by atoms with Crippen LogP contribution in [0.15, 0.2) is 30.5 Å². The smallest absolute Gasteiger partial charge is 0.162 e. The van der Waals surface area contributed by atoms with Crippen LogP contribution in [0, 0.1) is 0 Å². The van der Waals surface area contributed by atoms with E-state index in [4.69, 9.17) is 21.1 Å². The number of pyridine rings is 1. The number of anilines is 1. The minimum atomic E-state index is -0.498. The molecule has 20 heavy (non-hydrogen) atoms. The molecule has 106 valence electrons. The van der Waals surface area contributed by atoms with Gasteiger partial charge in [-0.2, -0.15) is 0 Å². The molecule has 1 aromatic heterocycles. The molecule has 1 N–H and O–H groups in total. The van der Waals surface area contributed by atoms with Crippen LogP contribution in [0.4, 0.5) is 5.69 Å². The van der Waals surface area contributed by atoms with Crippen LogP contribution in [0.5, 0.6) is 0 Å². The molecule has 0 amide bonds. The number of nitrogens with one attached hydrogen (secondary N) is 1. The highest BCUT2D eigenvalue weighted by molar-refractivity contribution is 6.35. The Morgan fingerprint density at radius 1 is 1.25 bits per heavy atom. The van der Waals surface area contributed by atoms with Crippen molar-refractivity contribution in [3.63, 3.8) is 0 Å². The maximum absolute atomic E-state index is 6.17. The summed E-state index contributed by atoms with van der Waals surface area (Å²) < 4.78 is 11.3. The van der Waals surface area contributed by atoms with Crippen molar-refractivity contribution in [2.24, 2.45) is 0 Å². The SMILES string of the molecule is CC1(C)OCC(Nc2ccc(Cl)c3ncccc23)CO1. The van der Waals surface area contributed by atoms with Gasteiger partial charge in [0.15, 0.2) is 5.79 Å². The van der Waals surface area contributed by atoms with Crippen LogP contribution in [0.2, 0.25) is 5.02 Å². The van der Waals surface area contributed by atoms with Gasteiger partial charge in [-0.15, -0.1) is 0 Å². The molecule has 1 aromatic carbocycles. The summed E-state index contributed by atoms with van der Waals surface area (Å²) in [6, 6.07) is 7.85. The van der Waals surface area contributed by atoms with E-state index in [-0.39, 0.29) is 6.04 Å². The fourth-order valence-electron chi connectivity index (χ4n) is 2.26. The first-order valence-electron chi connectivity index (χ1n) is 6.63. The monoisotopic (exact) mass is 292 g/mol. The van der Waals surface area contributed by atoms with E-state index in [1.807, 2.05) is 38.1 Å². The molecule has 0 aliphatic carbocycles. The van der Waals surface area contributed by atoms with Gasteiger partial charge in [-0.05, 0) is 38.1 Å². The summed E-state index contributed by atoms with van der Waals surface area (Å²) in [4.78, 5) is 4.32.